The number of carbonyl (C=O) groups excluding carboxylic acids is 1. The number of nitrogens with one attached hydrogen (secondary N) is 1. The summed E-state index contributed by atoms with van der Waals surface area (Å²) in [7, 11) is 0. The lowest BCUT2D eigenvalue weighted by molar-refractivity contribution is -0.174. The first kappa shape index (κ1) is 23.8. The lowest BCUT2D eigenvalue weighted by atomic mass is 9.81. The van der Waals surface area contributed by atoms with Crippen LogP contribution in [-0.4, -0.2) is 32.4 Å². The topological polar surface area (TPSA) is 85.3 Å². The molecule has 11 heteroatoms. The summed E-state index contributed by atoms with van der Waals surface area (Å²) in [4.78, 5) is 21.3. The second kappa shape index (κ2) is 8.81. The molecule has 0 spiro atoms. The Morgan fingerprint density at radius 3 is 2.42 bits per heavy atom. The summed E-state index contributed by atoms with van der Waals surface area (Å²) in [5.74, 6) is -4.66. The van der Waals surface area contributed by atoms with Crippen molar-refractivity contribution >= 4 is 11.7 Å². The Hall–Kier alpha value is -2.30. The van der Waals surface area contributed by atoms with Gasteiger partial charge in [-0.1, -0.05) is 6.92 Å². The van der Waals surface area contributed by atoms with Crippen LogP contribution >= 0.6 is 0 Å². The minimum absolute atomic E-state index is 0.0943. The molecule has 6 nitrogen and oxygen atoms in total. The molecule has 4 rings (SSSR count). The van der Waals surface area contributed by atoms with Gasteiger partial charge in [0.15, 0.2) is 0 Å². The lowest BCUT2D eigenvalue weighted by Crippen LogP contribution is -2.34. The van der Waals surface area contributed by atoms with Crippen molar-refractivity contribution in [1.29, 1.82) is 0 Å². The van der Waals surface area contributed by atoms with Crippen LogP contribution < -0.4 is 11.1 Å². The van der Waals surface area contributed by atoms with Crippen LogP contribution in [0.4, 0.5) is 22.0 Å². The number of rotatable bonds is 7. The highest BCUT2D eigenvalue weighted by Gasteiger charge is 2.40. The number of hydrogen-bond donors (Lipinski definition) is 2. The van der Waals surface area contributed by atoms with Crippen LogP contribution in [0.3, 0.4) is 0 Å². The molecule has 0 bridgehead atoms. The fourth-order valence-electron chi connectivity index (χ4n) is 4.39. The van der Waals surface area contributed by atoms with Crippen molar-refractivity contribution < 1.29 is 26.7 Å². The third-order valence-corrected chi connectivity index (χ3v) is 6.76. The Morgan fingerprint density at radius 2 is 1.82 bits per heavy atom. The Bertz CT molecular complexity index is 993. The van der Waals surface area contributed by atoms with E-state index in [9.17, 15) is 26.7 Å². The monoisotopic (exact) mass is 473 g/mol. The number of hydrogen-bond acceptors (Lipinski definition) is 4. The number of halogens is 5. The molecule has 3 atom stereocenters. The highest BCUT2D eigenvalue weighted by atomic mass is 19.4. The number of alkyl halides is 5. The van der Waals surface area contributed by atoms with Gasteiger partial charge in [-0.05, 0) is 43.6 Å². The second-order valence-electron chi connectivity index (χ2n) is 9.47. The van der Waals surface area contributed by atoms with Crippen LogP contribution in [0.15, 0.2) is 18.5 Å². The van der Waals surface area contributed by atoms with E-state index in [0.29, 0.717) is 30.0 Å². The predicted molar refractivity (Wildman–Crippen MR) is 110 cm³/mol. The summed E-state index contributed by atoms with van der Waals surface area (Å²) in [5, 5.41) is 2.72. The SMILES string of the molecule is CC(CC(=O)NC(c1ccn2cc([C@@H](N)C3CCC(F)(F)CC3)nc2n1)C1CC1)C(F)(F)F. The normalized spacial score (nSPS) is 22.2. The first-order valence-corrected chi connectivity index (χ1v) is 11.3. The molecule has 2 unspecified atom stereocenters. The van der Waals surface area contributed by atoms with Gasteiger partial charge in [-0.2, -0.15) is 13.2 Å². The van der Waals surface area contributed by atoms with Gasteiger partial charge in [-0.25, -0.2) is 18.7 Å². The largest absolute Gasteiger partial charge is 0.392 e. The predicted octanol–water partition coefficient (Wildman–Crippen LogP) is 4.71. The molecule has 2 heterocycles. The summed E-state index contributed by atoms with van der Waals surface area (Å²) >= 11 is 0. The number of carbonyl (C=O) groups is 1. The number of fused-ring (bicyclic) bond motifs is 1. The highest BCUT2D eigenvalue weighted by Crippen LogP contribution is 2.42. The van der Waals surface area contributed by atoms with E-state index >= 15 is 0 Å². The molecule has 182 valence electrons. The van der Waals surface area contributed by atoms with E-state index in [4.69, 9.17) is 5.73 Å². The third kappa shape index (κ3) is 5.62. The smallest absolute Gasteiger partial charge is 0.347 e. The molecule has 2 fully saturated rings. The van der Waals surface area contributed by atoms with Gasteiger partial charge in [-0.3, -0.25) is 9.20 Å². The molecule has 2 saturated carbocycles. The molecule has 0 aromatic carbocycles. The molecule has 2 aromatic rings. The Morgan fingerprint density at radius 1 is 1.18 bits per heavy atom. The molecule has 33 heavy (non-hydrogen) atoms. The Kier molecular flexibility index (Phi) is 6.36. The van der Waals surface area contributed by atoms with Crippen molar-refractivity contribution in [1.82, 2.24) is 19.7 Å². The van der Waals surface area contributed by atoms with Crippen molar-refractivity contribution in [3.63, 3.8) is 0 Å². The van der Waals surface area contributed by atoms with E-state index in [-0.39, 0.29) is 24.7 Å². The van der Waals surface area contributed by atoms with Gasteiger partial charge >= 0.3 is 6.18 Å². The summed E-state index contributed by atoms with van der Waals surface area (Å²) < 4.78 is 67.0. The van der Waals surface area contributed by atoms with Gasteiger partial charge in [-0.15, -0.1) is 0 Å². The van der Waals surface area contributed by atoms with E-state index in [1.54, 1.807) is 22.9 Å². The summed E-state index contributed by atoms with van der Waals surface area (Å²) in [6.07, 6.45) is 0.357. The maximum absolute atomic E-state index is 13.5. The van der Waals surface area contributed by atoms with E-state index in [0.717, 1.165) is 19.8 Å². The molecule has 0 radical (unpaired) electrons. The molecule has 2 aliphatic rings. The van der Waals surface area contributed by atoms with E-state index in [1.165, 1.54) is 0 Å². The third-order valence-electron chi connectivity index (χ3n) is 6.76. The second-order valence-corrected chi connectivity index (χ2v) is 9.47. The number of nitrogens with two attached hydrogens (primary N) is 1. The zero-order valence-electron chi connectivity index (χ0n) is 18.3. The van der Waals surface area contributed by atoms with Crippen LogP contribution in [0, 0.1) is 17.8 Å². The van der Waals surface area contributed by atoms with Crippen molar-refractivity contribution in [2.45, 2.75) is 76.1 Å². The Labute approximate surface area is 188 Å². The van der Waals surface area contributed by atoms with E-state index < -0.39 is 42.4 Å². The van der Waals surface area contributed by atoms with Gasteiger partial charge in [0.25, 0.3) is 0 Å². The minimum Gasteiger partial charge on any atom is -0.347 e. The zero-order valence-corrected chi connectivity index (χ0v) is 18.3. The van der Waals surface area contributed by atoms with Crippen molar-refractivity contribution in [3.05, 3.63) is 29.8 Å². The maximum Gasteiger partial charge on any atom is 0.392 e. The zero-order chi connectivity index (χ0) is 24.0. The van der Waals surface area contributed by atoms with Crippen molar-refractivity contribution in [2.24, 2.45) is 23.5 Å². The van der Waals surface area contributed by atoms with Gasteiger partial charge in [0.1, 0.15) is 0 Å². The maximum atomic E-state index is 13.5. The number of imidazole rings is 1. The van der Waals surface area contributed by atoms with Crippen LogP contribution in [-0.2, 0) is 4.79 Å². The molecular formula is C22H28F5N5O. The first-order valence-electron chi connectivity index (χ1n) is 11.3. The minimum atomic E-state index is -4.43. The molecular weight excluding hydrogens is 445 g/mol. The standard InChI is InChI=1S/C22H28F5N5O/c1-12(22(25,26)27)10-17(33)31-19(14-2-3-14)15-6-9-32-11-16(30-20(32)29-15)18(28)13-4-7-21(23,24)8-5-13/h6,9,11-14,18-19H,2-5,7-8,10,28H2,1H3,(H,31,33)/t12?,18-,19?/m0/s1. The number of amides is 1. The van der Waals surface area contributed by atoms with Gasteiger partial charge in [0.05, 0.1) is 29.4 Å². The van der Waals surface area contributed by atoms with Crippen LogP contribution in [0.2, 0.25) is 0 Å². The quantitative estimate of drug-likeness (QED) is 0.571. The fourth-order valence-corrected chi connectivity index (χ4v) is 4.39. The molecule has 2 aliphatic carbocycles. The molecule has 2 aromatic heterocycles. The van der Waals surface area contributed by atoms with Gasteiger partial charge in [0, 0.05) is 31.7 Å². The average Bonchev–Trinajstić information content (AvgIpc) is 3.48. The summed E-state index contributed by atoms with van der Waals surface area (Å²) in [5.41, 5.74) is 7.41. The summed E-state index contributed by atoms with van der Waals surface area (Å²) in [6.45, 7) is 0.985. The molecule has 3 N–H and O–H groups in total. The lowest BCUT2D eigenvalue weighted by Gasteiger charge is -2.31. The van der Waals surface area contributed by atoms with Crippen molar-refractivity contribution in [3.8, 4) is 0 Å². The van der Waals surface area contributed by atoms with Gasteiger partial charge < -0.3 is 11.1 Å². The molecule has 1 amide bonds. The van der Waals surface area contributed by atoms with Crippen LogP contribution in [0.25, 0.3) is 5.78 Å². The first-order chi connectivity index (χ1) is 15.4. The van der Waals surface area contributed by atoms with Crippen LogP contribution in [0.1, 0.15) is 75.3 Å². The number of aromatic nitrogens is 3. The fraction of sp³-hybridized carbons (Fsp3) is 0.682. The highest BCUT2D eigenvalue weighted by molar-refractivity contribution is 5.76. The van der Waals surface area contributed by atoms with Crippen molar-refractivity contribution in [2.75, 3.05) is 0 Å². The number of nitrogens with zero attached hydrogens (tertiary/aromatic N) is 3. The van der Waals surface area contributed by atoms with Gasteiger partial charge in [0.2, 0.25) is 17.6 Å². The van der Waals surface area contributed by atoms with Crippen LogP contribution in [0.5, 0.6) is 0 Å². The average molecular weight is 473 g/mol. The molecule has 0 saturated heterocycles. The van der Waals surface area contributed by atoms with E-state index in [1.807, 2.05) is 0 Å². The Balaban J connectivity index is 1.48. The molecule has 0 aliphatic heterocycles. The summed E-state index contributed by atoms with van der Waals surface area (Å²) in [6, 6.07) is 0.730. The van der Waals surface area contributed by atoms with E-state index in [2.05, 4.69) is 15.3 Å².